The molecule has 1 aliphatic heterocycles. The van der Waals surface area contributed by atoms with E-state index < -0.39 is 0 Å². The van der Waals surface area contributed by atoms with Gasteiger partial charge in [0.15, 0.2) is 0 Å². The van der Waals surface area contributed by atoms with Crippen LogP contribution in [0.5, 0.6) is 0 Å². The molecule has 2 nitrogen and oxygen atoms in total. The summed E-state index contributed by atoms with van der Waals surface area (Å²) in [6.45, 7) is 10.7. The monoisotopic (exact) mass is 312 g/mol. The van der Waals surface area contributed by atoms with Crippen LogP contribution in [0.1, 0.15) is 52.9 Å². The molecule has 1 N–H and O–H groups in total. The molecule has 2 rings (SSSR count). The van der Waals surface area contributed by atoms with Gasteiger partial charge in [-0.3, -0.25) is 0 Å². The van der Waals surface area contributed by atoms with Crippen molar-refractivity contribution in [1.29, 1.82) is 0 Å². The third kappa shape index (κ3) is 5.44. The second-order valence-electron chi connectivity index (χ2n) is 8.14. The third-order valence-corrected chi connectivity index (χ3v) is 6.65. The Morgan fingerprint density at radius 1 is 1.24 bits per heavy atom. The van der Waals surface area contributed by atoms with Gasteiger partial charge in [0.25, 0.3) is 0 Å². The number of nitrogens with one attached hydrogen (secondary N) is 1. The summed E-state index contributed by atoms with van der Waals surface area (Å²) in [6.07, 6.45) is 7.09. The highest BCUT2D eigenvalue weighted by Gasteiger charge is 2.36. The van der Waals surface area contributed by atoms with Crippen LogP contribution in [-0.2, 0) is 0 Å². The smallest absolute Gasteiger partial charge is 0.0191 e. The lowest BCUT2D eigenvalue weighted by Gasteiger charge is -2.43. The third-order valence-electron chi connectivity index (χ3n) is 5.50. The Morgan fingerprint density at radius 2 is 1.95 bits per heavy atom. The first-order valence-corrected chi connectivity index (χ1v) is 10.1. The van der Waals surface area contributed by atoms with Crippen LogP contribution in [0.15, 0.2) is 0 Å². The topological polar surface area (TPSA) is 15.3 Å². The van der Waals surface area contributed by atoms with E-state index in [2.05, 4.69) is 49.8 Å². The number of hydrogen-bond donors (Lipinski definition) is 1. The van der Waals surface area contributed by atoms with E-state index in [9.17, 15) is 0 Å². The molecule has 0 aromatic rings. The van der Waals surface area contributed by atoms with E-state index in [0.717, 1.165) is 17.9 Å². The van der Waals surface area contributed by atoms with Crippen molar-refractivity contribution in [1.82, 2.24) is 10.2 Å². The molecule has 21 heavy (non-hydrogen) atoms. The van der Waals surface area contributed by atoms with Crippen LogP contribution in [0.25, 0.3) is 0 Å². The first kappa shape index (κ1) is 17.6. The van der Waals surface area contributed by atoms with E-state index in [1.807, 2.05) is 0 Å². The largest absolute Gasteiger partial charge is 0.316 e. The van der Waals surface area contributed by atoms with Crippen molar-refractivity contribution in [3.63, 3.8) is 0 Å². The summed E-state index contributed by atoms with van der Waals surface area (Å²) in [6, 6.07) is 0.830. The first-order valence-electron chi connectivity index (χ1n) is 8.99. The zero-order valence-electron chi connectivity index (χ0n) is 14.7. The summed E-state index contributed by atoms with van der Waals surface area (Å²) < 4.78 is 0. The molecule has 1 atom stereocenters. The van der Waals surface area contributed by atoms with Gasteiger partial charge in [-0.2, -0.15) is 11.8 Å². The molecule has 3 heteroatoms. The average molecular weight is 313 g/mol. The minimum absolute atomic E-state index is 0.531. The number of rotatable bonds is 7. The number of hydrogen-bond acceptors (Lipinski definition) is 3. The minimum atomic E-state index is 0.531. The standard InChI is InChI=1S/C18H36N2S/c1-15(2)11-19-13-18(8-5-16(3)6-9-18)14-20(4)17-7-10-21-12-17/h15-17,19H,5-14H2,1-4H3. The Hall–Kier alpha value is 0.270. The lowest BCUT2D eigenvalue weighted by atomic mass is 9.70. The summed E-state index contributed by atoms with van der Waals surface area (Å²) in [7, 11) is 2.37. The van der Waals surface area contributed by atoms with Crippen molar-refractivity contribution in [3.05, 3.63) is 0 Å². The van der Waals surface area contributed by atoms with Crippen LogP contribution in [0.4, 0.5) is 0 Å². The Kier molecular flexibility index (Phi) is 6.89. The normalized spacial score (nSPS) is 34.0. The van der Waals surface area contributed by atoms with Gasteiger partial charge in [-0.05, 0) is 55.9 Å². The maximum atomic E-state index is 3.77. The number of nitrogens with zero attached hydrogens (tertiary/aromatic N) is 1. The molecule has 0 radical (unpaired) electrons. The lowest BCUT2D eigenvalue weighted by Crippen LogP contribution is -2.48. The molecule has 2 aliphatic rings. The van der Waals surface area contributed by atoms with E-state index in [1.165, 1.54) is 63.2 Å². The first-order chi connectivity index (χ1) is 10.0. The van der Waals surface area contributed by atoms with Crippen molar-refractivity contribution >= 4 is 11.8 Å². The van der Waals surface area contributed by atoms with E-state index in [4.69, 9.17) is 0 Å². The molecule has 1 saturated heterocycles. The molecular formula is C18H36N2S. The lowest BCUT2D eigenvalue weighted by molar-refractivity contribution is 0.0828. The molecule has 1 unspecified atom stereocenters. The van der Waals surface area contributed by atoms with Gasteiger partial charge in [0.1, 0.15) is 0 Å². The van der Waals surface area contributed by atoms with Crippen molar-refractivity contribution in [2.24, 2.45) is 17.3 Å². The predicted octanol–water partition coefficient (Wildman–Crippen LogP) is 3.87. The Labute approximate surface area is 136 Å². The van der Waals surface area contributed by atoms with Crippen LogP contribution >= 0.6 is 11.8 Å². The van der Waals surface area contributed by atoms with Crippen molar-refractivity contribution in [3.8, 4) is 0 Å². The molecule has 0 bridgehead atoms. The predicted molar refractivity (Wildman–Crippen MR) is 96.1 cm³/mol. The van der Waals surface area contributed by atoms with Gasteiger partial charge in [-0.25, -0.2) is 0 Å². The highest BCUT2D eigenvalue weighted by molar-refractivity contribution is 7.99. The number of thioether (sulfide) groups is 1. The molecule has 2 fully saturated rings. The molecule has 0 aromatic heterocycles. The second-order valence-corrected chi connectivity index (χ2v) is 9.29. The van der Waals surface area contributed by atoms with Crippen LogP contribution in [0.3, 0.4) is 0 Å². The molecule has 0 spiro atoms. The van der Waals surface area contributed by atoms with Gasteiger partial charge in [-0.1, -0.05) is 33.6 Å². The zero-order chi connectivity index (χ0) is 15.3. The Balaban J connectivity index is 1.90. The summed E-state index contributed by atoms with van der Waals surface area (Å²) in [5.41, 5.74) is 0.531. The fourth-order valence-corrected chi connectivity index (χ4v) is 5.22. The van der Waals surface area contributed by atoms with Crippen LogP contribution in [0.2, 0.25) is 0 Å². The summed E-state index contributed by atoms with van der Waals surface area (Å²) >= 11 is 2.14. The van der Waals surface area contributed by atoms with Crippen molar-refractivity contribution in [2.45, 2.75) is 58.9 Å². The summed E-state index contributed by atoms with van der Waals surface area (Å²) in [4.78, 5) is 2.69. The van der Waals surface area contributed by atoms with E-state index in [0.29, 0.717) is 5.41 Å². The average Bonchev–Trinajstić information content (AvgIpc) is 2.96. The minimum Gasteiger partial charge on any atom is -0.316 e. The fraction of sp³-hybridized carbons (Fsp3) is 1.00. The second kappa shape index (κ2) is 8.21. The highest BCUT2D eigenvalue weighted by atomic mass is 32.2. The molecule has 0 amide bonds. The van der Waals surface area contributed by atoms with Gasteiger partial charge in [0, 0.05) is 24.9 Å². The van der Waals surface area contributed by atoms with Gasteiger partial charge in [-0.15, -0.1) is 0 Å². The summed E-state index contributed by atoms with van der Waals surface area (Å²) in [5.74, 6) is 4.41. The van der Waals surface area contributed by atoms with E-state index in [-0.39, 0.29) is 0 Å². The van der Waals surface area contributed by atoms with Gasteiger partial charge in [0.2, 0.25) is 0 Å². The van der Waals surface area contributed by atoms with Crippen LogP contribution < -0.4 is 5.32 Å². The SMILES string of the molecule is CC(C)CNCC1(CN(C)C2CCSC2)CCC(C)CC1. The molecule has 1 heterocycles. The van der Waals surface area contributed by atoms with Gasteiger partial charge >= 0.3 is 0 Å². The quantitative estimate of drug-likeness (QED) is 0.768. The van der Waals surface area contributed by atoms with E-state index in [1.54, 1.807) is 0 Å². The highest BCUT2D eigenvalue weighted by Crippen LogP contribution is 2.40. The molecule has 1 aliphatic carbocycles. The van der Waals surface area contributed by atoms with Gasteiger partial charge in [0.05, 0.1) is 0 Å². The molecule has 1 saturated carbocycles. The Bertz CT molecular complexity index is 292. The molecular weight excluding hydrogens is 276 g/mol. The van der Waals surface area contributed by atoms with Crippen LogP contribution in [-0.4, -0.2) is 49.1 Å². The molecule has 124 valence electrons. The van der Waals surface area contributed by atoms with E-state index >= 15 is 0 Å². The van der Waals surface area contributed by atoms with Crippen molar-refractivity contribution in [2.75, 3.05) is 38.2 Å². The maximum absolute atomic E-state index is 3.77. The Morgan fingerprint density at radius 3 is 2.52 bits per heavy atom. The zero-order valence-corrected chi connectivity index (χ0v) is 15.5. The summed E-state index contributed by atoms with van der Waals surface area (Å²) in [5, 5.41) is 3.77. The maximum Gasteiger partial charge on any atom is 0.0191 e. The van der Waals surface area contributed by atoms with Crippen molar-refractivity contribution < 1.29 is 0 Å². The fourth-order valence-electron chi connectivity index (χ4n) is 3.92. The molecule has 0 aromatic carbocycles. The van der Waals surface area contributed by atoms with Gasteiger partial charge < -0.3 is 10.2 Å². The van der Waals surface area contributed by atoms with Crippen LogP contribution in [0, 0.1) is 17.3 Å².